The molecule has 0 aromatic heterocycles. The Morgan fingerprint density at radius 1 is 1.15 bits per heavy atom. The molecule has 0 spiro atoms. The van der Waals surface area contributed by atoms with E-state index in [1.54, 1.807) is 12.2 Å². The Kier molecular flexibility index (Phi) is 7.65. The molecule has 0 amide bonds. The van der Waals surface area contributed by atoms with Crippen molar-refractivity contribution in [2.45, 2.75) is 78.5 Å². The number of rotatable bonds is 6. The molecule has 1 saturated carbocycles. The van der Waals surface area contributed by atoms with Crippen LogP contribution in [0, 0.1) is 17.8 Å². The normalized spacial score (nSPS) is 34.5. The first kappa shape index (κ1) is 20.9. The molecule has 0 aromatic rings. The first-order valence-electron chi connectivity index (χ1n) is 9.56. The van der Waals surface area contributed by atoms with Gasteiger partial charge in [0, 0.05) is 13.8 Å². The second-order valence-electron chi connectivity index (χ2n) is 7.81. The van der Waals surface area contributed by atoms with E-state index in [2.05, 4.69) is 20.8 Å². The van der Waals surface area contributed by atoms with Gasteiger partial charge >= 0.3 is 11.9 Å². The number of carbonyl (C=O) groups is 2. The quantitative estimate of drug-likeness (QED) is 0.529. The molecule has 6 atom stereocenters. The van der Waals surface area contributed by atoms with Gasteiger partial charge in [-0.15, -0.1) is 0 Å². The van der Waals surface area contributed by atoms with Crippen molar-refractivity contribution in [3.8, 4) is 0 Å². The van der Waals surface area contributed by atoms with E-state index in [0.29, 0.717) is 17.8 Å². The SMILES string of the molecule is CC(=O)OC[C@H]1OC(OC2CC(C)CCC2C(C)C)C=C[C@@H]1OC(C)=O. The monoisotopic (exact) mass is 368 g/mol. The molecule has 0 saturated heterocycles. The summed E-state index contributed by atoms with van der Waals surface area (Å²) in [7, 11) is 0. The summed E-state index contributed by atoms with van der Waals surface area (Å²) in [4.78, 5) is 22.4. The highest BCUT2D eigenvalue weighted by molar-refractivity contribution is 5.66. The molecular formula is C20H32O6. The third kappa shape index (κ3) is 6.09. The lowest BCUT2D eigenvalue weighted by Crippen LogP contribution is -2.44. The Labute approximate surface area is 156 Å². The smallest absolute Gasteiger partial charge is 0.303 e. The largest absolute Gasteiger partial charge is 0.463 e. The van der Waals surface area contributed by atoms with E-state index in [4.69, 9.17) is 18.9 Å². The van der Waals surface area contributed by atoms with Gasteiger partial charge in [-0.3, -0.25) is 9.59 Å². The minimum absolute atomic E-state index is 0.0200. The Bertz CT molecular complexity index is 514. The predicted molar refractivity (Wildman–Crippen MR) is 96.2 cm³/mol. The van der Waals surface area contributed by atoms with Gasteiger partial charge in [0.05, 0.1) is 6.10 Å². The van der Waals surface area contributed by atoms with Crippen molar-refractivity contribution in [3.05, 3.63) is 12.2 Å². The molecule has 0 aromatic carbocycles. The van der Waals surface area contributed by atoms with Crippen LogP contribution < -0.4 is 0 Å². The Balaban J connectivity index is 2.03. The first-order valence-corrected chi connectivity index (χ1v) is 9.56. The maximum Gasteiger partial charge on any atom is 0.303 e. The van der Waals surface area contributed by atoms with E-state index in [0.717, 1.165) is 12.8 Å². The van der Waals surface area contributed by atoms with Gasteiger partial charge in [-0.05, 0) is 42.7 Å². The minimum atomic E-state index is -0.585. The highest BCUT2D eigenvalue weighted by atomic mass is 16.7. The number of hydrogen-bond donors (Lipinski definition) is 0. The Morgan fingerprint density at radius 2 is 1.88 bits per heavy atom. The van der Waals surface area contributed by atoms with Crippen LogP contribution in [-0.4, -0.2) is 43.1 Å². The van der Waals surface area contributed by atoms with Crippen molar-refractivity contribution in [3.63, 3.8) is 0 Å². The van der Waals surface area contributed by atoms with Crippen LogP contribution >= 0.6 is 0 Å². The molecule has 26 heavy (non-hydrogen) atoms. The Hall–Kier alpha value is -1.40. The molecule has 6 nitrogen and oxygen atoms in total. The van der Waals surface area contributed by atoms with Crippen molar-refractivity contribution in [1.82, 2.24) is 0 Å². The zero-order chi connectivity index (χ0) is 19.3. The van der Waals surface area contributed by atoms with E-state index >= 15 is 0 Å². The molecule has 0 N–H and O–H groups in total. The van der Waals surface area contributed by atoms with Crippen LogP contribution in [-0.2, 0) is 28.5 Å². The zero-order valence-corrected chi connectivity index (χ0v) is 16.5. The van der Waals surface area contributed by atoms with Crippen LogP contribution in [0.25, 0.3) is 0 Å². The van der Waals surface area contributed by atoms with Crippen LogP contribution in [0.5, 0.6) is 0 Å². The highest BCUT2D eigenvalue weighted by Gasteiger charge is 2.36. The molecule has 1 heterocycles. The molecule has 1 aliphatic carbocycles. The summed E-state index contributed by atoms with van der Waals surface area (Å²) in [5.74, 6) is 0.875. The van der Waals surface area contributed by atoms with E-state index < -0.39 is 30.4 Å². The number of carbonyl (C=O) groups excluding carboxylic acids is 2. The molecule has 0 radical (unpaired) electrons. The molecular weight excluding hydrogens is 336 g/mol. The van der Waals surface area contributed by atoms with Crippen molar-refractivity contribution in [2.75, 3.05) is 6.61 Å². The minimum Gasteiger partial charge on any atom is -0.463 e. The number of esters is 2. The van der Waals surface area contributed by atoms with Crippen LogP contribution in [0.4, 0.5) is 0 Å². The average molecular weight is 368 g/mol. The van der Waals surface area contributed by atoms with Gasteiger partial charge in [0.15, 0.2) is 6.29 Å². The van der Waals surface area contributed by atoms with Crippen LogP contribution in [0.15, 0.2) is 12.2 Å². The third-order valence-electron chi connectivity index (χ3n) is 5.16. The summed E-state index contributed by atoms with van der Waals surface area (Å²) < 4.78 is 22.5. The van der Waals surface area contributed by atoms with Gasteiger partial charge in [-0.2, -0.15) is 0 Å². The maximum absolute atomic E-state index is 11.3. The molecule has 1 fully saturated rings. The fourth-order valence-electron chi connectivity index (χ4n) is 3.78. The number of hydrogen-bond acceptors (Lipinski definition) is 6. The fraction of sp³-hybridized carbons (Fsp3) is 0.800. The highest BCUT2D eigenvalue weighted by Crippen LogP contribution is 2.36. The van der Waals surface area contributed by atoms with Crippen LogP contribution in [0.2, 0.25) is 0 Å². The average Bonchev–Trinajstić information content (AvgIpc) is 2.54. The summed E-state index contributed by atoms with van der Waals surface area (Å²) in [6, 6.07) is 0. The van der Waals surface area contributed by atoms with Gasteiger partial charge in [0.1, 0.15) is 18.8 Å². The summed E-state index contributed by atoms with van der Waals surface area (Å²) in [5.41, 5.74) is 0. The lowest BCUT2D eigenvalue weighted by molar-refractivity contribution is -0.222. The molecule has 1 aliphatic heterocycles. The lowest BCUT2D eigenvalue weighted by Gasteiger charge is -2.40. The van der Waals surface area contributed by atoms with Crippen molar-refractivity contribution >= 4 is 11.9 Å². The van der Waals surface area contributed by atoms with Crippen LogP contribution in [0.3, 0.4) is 0 Å². The topological polar surface area (TPSA) is 71.1 Å². The molecule has 2 aliphatic rings. The van der Waals surface area contributed by atoms with Crippen molar-refractivity contribution in [2.24, 2.45) is 17.8 Å². The van der Waals surface area contributed by atoms with Crippen molar-refractivity contribution in [1.29, 1.82) is 0 Å². The fourth-order valence-corrected chi connectivity index (χ4v) is 3.78. The maximum atomic E-state index is 11.3. The number of ether oxygens (including phenoxy) is 4. The Morgan fingerprint density at radius 3 is 2.50 bits per heavy atom. The van der Waals surface area contributed by atoms with E-state index in [1.807, 2.05) is 0 Å². The van der Waals surface area contributed by atoms with E-state index in [-0.39, 0.29) is 12.7 Å². The standard InChI is InChI=1S/C20H32O6/c1-12(2)16-7-6-13(3)10-18(16)25-20-9-8-17(24-15(5)22)19(26-20)11-23-14(4)21/h8-9,12-13,16-20H,6-7,10-11H2,1-5H3/t13?,16?,17-,18?,19+,20?/m0/s1. The van der Waals surface area contributed by atoms with Crippen molar-refractivity contribution < 1.29 is 28.5 Å². The predicted octanol–water partition coefficient (Wildman–Crippen LogP) is 3.24. The third-order valence-corrected chi connectivity index (χ3v) is 5.16. The van der Waals surface area contributed by atoms with Gasteiger partial charge in [0.25, 0.3) is 0 Å². The molecule has 2 rings (SSSR count). The summed E-state index contributed by atoms with van der Waals surface area (Å²) in [6.45, 7) is 9.42. The summed E-state index contributed by atoms with van der Waals surface area (Å²) >= 11 is 0. The lowest BCUT2D eigenvalue weighted by atomic mass is 9.75. The molecule has 148 valence electrons. The van der Waals surface area contributed by atoms with Crippen LogP contribution in [0.1, 0.15) is 53.9 Å². The molecule has 0 bridgehead atoms. The van der Waals surface area contributed by atoms with E-state index in [1.165, 1.54) is 20.3 Å². The molecule has 6 heteroatoms. The second-order valence-corrected chi connectivity index (χ2v) is 7.81. The van der Waals surface area contributed by atoms with Gasteiger partial charge in [-0.1, -0.05) is 27.2 Å². The van der Waals surface area contributed by atoms with E-state index in [9.17, 15) is 9.59 Å². The summed E-state index contributed by atoms with van der Waals surface area (Å²) in [6.07, 6.45) is 5.40. The summed E-state index contributed by atoms with van der Waals surface area (Å²) in [5, 5.41) is 0. The zero-order valence-electron chi connectivity index (χ0n) is 16.5. The van der Waals surface area contributed by atoms with Gasteiger partial charge in [0.2, 0.25) is 0 Å². The first-order chi connectivity index (χ1) is 12.3. The van der Waals surface area contributed by atoms with Gasteiger partial charge < -0.3 is 18.9 Å². The molecule has 4 unspecified atom stereocenters. The van der Waals surface area contributed by atoms with Gasteiger partial charge in [-0.25, -0.2) is 0 Å². The second kappa shape index (κ2) is 9.51.